The number of rotatable bonds is 4. The number of halogens is 1. The Labute approximate surface area is 145 Å². The van der Waals surface area contributed by atoms with Gasteiger partial charge in [0.05, 0.1) is 0 Å². The van der Waals surface area contributed by atoms with E-state index in [0.717, 1.165) is 5.56 Å². The Bertz CT molecular complexity index is 580. The van der Waals surface area contributed by atoms with Gasteiger partial charge in [0, 0.05) is 12.1 Å². The average molecular weight is 334 g/mol. The molecule has 9 heteroatoms. The highest BCUT2D eigenvalue weighted by Crippen LogP contribution is 2.17. The van der Waals surface area contributed by atoms with Gasteiger partial charge >= 0.3 is 6.09 Å². The zero-order valence-corrected chi connectivity index (χ0v) is 15.3. The van der Waals surface area contributed by atoms with E-state index < -0.39 is 5.60 Å². The van der Waals surface area contributed by atoms with Gasteiger partial charge in [0.15, 0.2) is 5.17 Å². The van der Waals surface area contributed by atoms with Crippen LogP contribution in [0.25, 0.3) is 0 Å². The van der Waals surface area contributed by atoms with Gasteiger partial charge in [0.1, 0.15) is 29.1 Å². The number of nitrogens with zero attached hydrogens (tertiary/aromatic N) is 2. The molecule has 0 bridgehead atoms. The van der Waals surface area contributed by atoms with Crippen LogP contribution in [-0.4, -0.2) is 55.7 Å². The Balaban J connectivity index is 2.96. The predicted octanol–water partition coefficient (Wildman–Crippen LogP) is 0.309. The maximum Gasteiger partial charge on any atom is 0.409 e. The van der Waals surface area contributed by atoms with Gasteiger partial charge in [-0.15, -0.1) is 0 Å². The van der Waals surface area contributed by atoms with E-state index in [4.69, 9.17) is 21.5 Å². The maximum absolute atomic E-state index is 12.5. The summed E-state index contributed by atoms with van der Waals surface area (Å²) in [5, 5.41) is 11.3. The van der Waals surface area contributed by atoms with Crippen LogP contribution >= 0.6 is 11.6 Å². The molecule has 1 amide bonds. The molecule has 0 radical (unpaired) electrons. The molecule has 0 atom stereocenters. The van der Waals surface area contributed by atoms with Gasteiger partial charge in [-0.25, -0.2) is 4.79 Å². The smallest absolute Gasteiger partial charge is 0.409 e. The molecule has 1 aromatic rings. The Kier molecular flexibility index (Phi) is 6.22. The van der Waals surface area contributed by atoms with Crippen LogP contribution in [0, 0.1) is 0 Å². The molecule has 0 fully saturated rings. The van der Waals surface area contributed by atoms with Gasteiger partial charge in [0.25, 0.3) is 0 Å². The zero-order valence-electron chi connectivity index (χ0n) is 14.6. The van der Waals surface area contributed by atoms with Crippen molar-refractivity contribution in [1.82, 2.24) is 4.90 Å². The summed E-state index contributed by atoms with van der Waals surface area (Å²) >= 11 is 5.76. The highest BCUT2D eigenvalue weighted by molar-refractivity contribution is 6.69. The number of oxime groups is 1. The van der Waals surface area contributed by atoms with Crippen molar-refractivity contribution in [2.24, 2.45) is 5.16 Å². The zero-order chi connectivity index (χ0) is 17.8. The number of hydrogen-bond acceptors (Lipinski definition) is 4. The van der Waals surface area contributed by atoms with Crippen molar-refractivity contribution in [3.8, 4) is 0 Å². The standard InChI is InChI=1S/C14H22B3ClN2O3/c1-13(2,3)23-12(21)20(14(15,16)17)8-9-4-6-10(7-5-9)11(18)19-22/h4-7,22H,8,15-17H2,1-3H3/b19-11-. The summed E-state index contributed by atoms with van der Waals surface area (Å²) < 4.78 is 5.49. The van der Waals surface area contributed by atoms with Crippen LogP contribution in [0.1, 0.15) is 31.9 Å². The topological polar surface area (TPSA) is 62.1 Å². The van der Waals surface area contributed by atoms with Gasteiger partial charge in [0.2, 0.25) is 0 Å². The Hall–Kier alpha value is -1.56. The number of amides is 1. The van der Waals surface area contributed by atoms with Crippen LogP contribution in [0.5, 0.6) is 0 Å². The molecule has 0 saturated carbocycles. The van der Waals surface area contributed by atoms with E-state index in [0.29, 0.717) is 12.1 Å². The van der Waals surface area contributed by atoms with Crippen LogP contribution in [0.3, 0.4) is 0 Å². The molecule has 0 aliphatic carbocycles. The van der Waals surface area contributed by atoms with E-state index in [9.17, 15) is 4.79 Å². The van der Waals surface area contributed by atoms with Crippen LogP contribution in [0.4, 0.5) is 4.79 Å². The molecule has 0 aliphatic rings. The molecule has 0 aliphatic heterocycles. The van der Waals surface area contributed by atoms with Crippen molar-refractivity contribution in [3.05, 3.63) is 35.4 Å². The summed E-state index contributed by atoms with van der Waals surface area (Å²) in [5.74, 6) is 0. The average Bonchev–Trinajstić information content (AvgIpc) is 2.41. The third-order valence-electron chi connectivity index (χ3n) is 3.04. The minimum Gasteiger partial charge on any atom is -0.444 e. The highest BCUT2D eigenvalue weighted by Gasteiger charge is 2.30. The molecule has 23 heavy (non-hydrogen) atoms. The molecule has 0 unspecified atom stereocenters. The lowest BCUT2D eigenvalue weighted by molar-refractivity contribution is 0.0225. The summed E-state index contributed by atoms with van der Waals surface area (Å²) in [5.41, 5.74) is 0.990. The Morgan fingerprint density at radius 1 is 1.26 bits per heavy atom. The fourth-order valence-corrected chi connectivity index (χ4v) is 2.01. The van der Waals surface area contributed by atoms with Crippen molar-refractivity contribution in [3.63, 3.8) is 0 Å². The summed E-state index contributed by atoms with van der Waals surface area (Å²) in [6.07, 6.45) is -0.357. The molecular formula is C14H22B3ClN2O3. The van der Waals surface area contributed by atoms with Gasteiger partial charge in [-0.1, -0.05) is 41.0 Å². The highest BCUT2D eigenvalue weighted by atomic mass is 35.5. The van der Waals surface area contributed by atoms with Gasteiger partial charge < -0.3 is 14.8 Å². The van der Waals surface area contributed by atoms with Crippen molar-refractivity contribution >= 4 is 46.4 Å². The first-order chi connectivity index (χ1) is 10.4. The van der Waals surface area contributed by atoms with Crippen LogP contribution in [-0.2, 0) is 11.3 Å². The first-order valence-corrected chi connectivity index (χ1v) is 7.79. The van der Waals surface area contributed by atoms with E-state index in [1.165, 1.54) is 0 Å². The molecule has 0 saturated heterocycles. The second kappa shape index (κ2) is 7.34. The quantitative estimate of drug-likeness (QED) is 0.373. The maximum atomic E-state index is 12.5. The summed E-state index contributed by atoms with van der Waals surface area (Å²) in [6, 6.07) is 7.17. The number of carbonyl (C=O) groups excluding carboxylic acids is 1. The summed E-state index contributed by atoms with van der Waals surface area (Å²) in [4.78, 5) is 14.1. The minimum atomic E-state index is -0.546. The number of ether oxygens (including phenoxy) is 1. The monoisotopic (exact) mass is 334 g/mol. The van der Waals surface area contributed by atoms with Crippen molar-refractivity contribution < 1.29 is 14.7 Å². The molecule has 5 nitrogen and oxygen atoms in total. The SMILES string of the molecule is BC(B)(B)N(Cc1ccc(/C(Cl)=N/O)cc1)C(=O)OC(C)(C)C. The second-order valence-corrected chi connectivity index (χ2v) is 7.68. The third kappa shape index (κ3) is 6.22. The number of carbonyl (C=O) groups is 1. The molecule has 1 rings (SSSR count). The Morgan fingerprint density at radius 3 is 2.17 bits per heavy atom. The van der Waals surface area contributed by atoms with Gasteiger partial charge in [-0.3, -0.25) is 0 Å². The van der Waals surface area contributed by atoms with Crippen molar-refractivity contribution in [1.29, 1.82) is 0 Å². The van der Waals surface area contributed by atoms with E-state index in [1.54, 1.807) is 17.0 Å². The lowest BCUT2D eigenvalue weighted by Gasteiger charge is -2.37. The first kappa shape index (κ1) is 19.5. The van der Waals surface area contributed by atoms with E-state index in [2.05, 4.69) is 5.16 Å². The molecule has 0 spiro atoms. The van der Waals surface area contributed by atoms with Gasteiger partial charge in [-0.2, -0.15) is 0 Å². The lowest BCUT2D eigenvalue weighted by Crippen LogP contribution is -2.54. The van der Waals surface area contributed by atoms with Crippen LogP contribution in [0.2, 0.25) is 0 Å². The number of hydrogen-bond donors (Lipinski definition) is 1. The van der Waals surface area contributed by atoms with E-state index >= 15 is 0 Å². The molecule has 0 aromatic heterocycles. The third-order valence-corrected chi connectivity index (χ3v) is 3.34. The van der Waals surface area contributed by atoms with Gasteiger partial charge in [-0.05, 0) is 31.6 Å². The van der Waals surface area contributed by atoms with Crippen LogP contribution in [0.15, 0.2) is 29.4 Å². The fraction of sp³-hybridized carbons (Fsp3) is 0.429. The molecular weight excluding hydrogens is 312 g/mol. The fourth-order valence-electron chi connectivity index (χ4n) is 1.88. The first-order valence-electron chi connectivity index (χ1n) is 7.41. The Morgan fingerprint density at radius 2 is 1.78 bits per heavy atom. The normalized spacial score (nSPS) is 12.8. The minimum absolute atomic E-state index is 0.0244. The largest absolute Gasteiger partial charge is 0.444 e. The summed E-state index contributed by atoms with van der Waals surface area (Å²) in [7, 11) is 5.88. The van der Waals surface area contributed by atoms with E-state index in [-0.39, 0.29) is 16.5 Å². The molecule has 1 N–H and O–H groups in total. The number of benzene rings is 1. The predicted molar refractivity (Wildman–Crippen MR) is 101 cm³/mol. The van der Waals surface area contributed by atoms with Crippen molar-refractivity contribution in [2.75, 3.05) is 0 Å². The molecule has 122 valence electrons. The molecule has 1 aromatic carbocycles. The van der Waals surface area contributed by atoms with Crippen molar-refractivity contribution in [2.45, 2.75) is 38.2 Å². The van der Waals surface area contributed by atoms with Crippen LogP contribution < -0.4 is 0 Å². The molecule has 0 heterocycles. The lowest BCUT2D eigenvalue weighted by atomic mass is 9.48. The van der Waals surface area contributed by atoms with E-state index in [1.807, 2.05) is 56.4 Å². The summed E-state index contributed by atoms with van der Waals surface area (Å²) in [6.45, 7) is 5.94. The second-order valence-electron chi connectivity index (χ2n) is 7.33.